The summed E-state index contributed by atoms with van der Waals surface area (Å²) in [5.74, 6) is 1.13. The van der Waals surface area contributed by atoms with Crippen LogP contribution in [0, 0.1) is 5.92 Å². The molecule has 1 aliphatic carbocycles. The van der Waals surface area contributed by atoms with E-state index in [0.717, 1.165) is 0 Å². The Labute approximate surface area is 106 Å². The van der Waals surface area contributed by atoms with Crippen molar-refractivity contribution in [2.75, 3.05) is 19.0 Å². The fraction of sp³-hybridized carbons (Fsp3) is 0.667. The minimum atomic E-state index is -0.658. The highest BCUT2D eigenvalue weighted by molar-refractivity contribution is 5.94. The maximum atomic E-state index is 11.8. The van der Waals surface area contributed by atoms with E-state index in [1.807, 2.05) is 4.68 Å². The minimum Gasteiger partial charge on any atom is -0.383 e. The van der Waals surface area contributed by atoms with E-state index in [1.54, 1.807) is 12.3 Å². The van der Waals surface area contributed by atoms with Gasteiger partial charge in [0.15, 0.2) is 0 Å². The minimum absolute atomic E-state index is 0.206. The number of nitrogens with zero attached hydrogens (tertiary/aromatic N) is 2. The van der Waals surface area contributed by atoms with E-state index in [0.29, 0.717) is 17.8 Å². The van der Waals surface area contributed by atoms with Crippen molar-refractivity contribution in [2.24, 2.45) is 11.7 Å². The van der Waals surface area contributed by atoms with Crippen LogP contribution >= 0.6 is 0 Å². The van der Waals surface area contributed by atoms with Gasteiger partial charge in [-0.25, -0.2) is 4.68 Å². The van der Waals surface area contributed by atoms with Crippen LogP contribution in [-0.4, -0.2) is 35.4 Å². The number of nitrogens with two attached hydrogens (primary N) is 1. The van der Waals surface area contributed by atoms with Crippen molar-refractivity contribution in [3.63, 3.8) is 0 Å². The Morgan fingerprint density at radius 1 is 1.72 bits per heavy atom. The van der Waals surface area contributed by atoms with Gasteiger partial charge in [-0.2, -0.15) is 5.10 Å². The average molecular weight is 252 g/mol. The summed E-state index contributed by atoms with van der Waals surface area (Å²) in [6.07, 6.45) is 4.16. The maximum Gasteiger partial charge on any atom is 0.244 e. The van der Waals surface area contributed by atoms with Crippen LogP contribution in [0.5, 0.6) is 0 Å². The Bertz CT molecular complexity index is 414. The lowest BCUT2D eigenvalue weighted by atomic mass is 10.2. The summed E-state index contributed by atoms with van der Waals surface area (Å²) >= 11 is 0. The van der Waals surface area contributed by atoms with E-state index >= 15 is 0 Å². The molecule has 18 heavy (non-hydrogen) atoms. The average Bonchev–Trinajstić information content (AvgIpc) is 3.09. The molecule has 1 fully saturated rings. The summed E-state index contributed by atoms with van der Waals surface area (Å²) in [6.45, 7) is 2.33. The van der Waals surface area contributed by atoms with Crippen molar-refractivity contribution < 1.29 is 9.53 Å². The van der Waals surface area contributed by atoms with Crippen LogP contribution < -0.4 is 11.1 Å². The van der Waals surface area contributed by atoms with Crippen LogP contribution in [0.25, 0.3) is 0 Å². The fourth-order valence-corrected chi connectivity index (χ4v) is 1.99. The Morgan fingerprint density at radius 3 is 3.06 bits per heavy atom. The van der Waals surface area contributed by atoms with E-state index in [9.17, 15) is 4.79 Å². The standard InChI is InChI=1S/C12H20N4O2/c1-8(9-3-4-9)16-11(5-6-14-16)15-12(17)10(13)7-18-2/h5-6,8-10H,3-4,7,13H2,1-2H3,(H,15,17). The SMILES string of the molecule is COCC(N)C(=O)Nc1ccnn1C(C)C1CC1. The number of methoxy groups -OCH3 is 1. The normalized spacial score (nSPS) is 18.4. The highest BCUT2D eigenvalue weighted by Crippen LogP contribution is 2.40. The second-order valence-electron chi connectivity index (χ2n) is 4.79. The number of anilines is 1. The van der Waals surface area contributed by atoms with Gasteiger partial charge in [0.25, 0.3) is 0 Å². The molecular formula is C12H20N4O2. The molecule has 6 heteroatoms. The number of aromatic nitrogens is 2. The largest absolute Gasteiger partial charge is 0.383 e. The summed E-state index contributed by atoms with van der Waals surface area (Å²) < 4.78 is 6.72. The van der Waals surface area contributed by atoms with E-state index in [1.165, 1.54) is 20.0 Å². The summed E-state index contributed by atoms with van der Waals surface area (Å²) in [5, 5.41) is 7.06. The zero-order valence-electron chi connectivity index (χ0n) is 10.8. The first-order valence-electron chi connectivity index (χ1n) is 6.22. The maximum absolute atomic E-state index is 11.8. The number of hydrogen-bond donors (Lipinski definition) is 2. The number of carbonyl (C=O) groups excluding carboxylic acids is 1. The van der Waals surface area contributed by atoms with Crippen LogP contribution in [0.3, 0.4) is 0 Å². The molecule has 100 valence electrons. The van der Waals surface area contributed by atoms with Gasteiger partial charge in [0, 0.05) is 13.2 Å². The van der Waals surface area contributed by atoms with Crippen LogP contribution in [0.4, 0.5) is 5.82 Å². The van der Waals surface area contributed by atoms with E-state index in [2.05, 4.69) is 17.3 Å². The summed E-state index contributed by atoms with van der Waals surface area (Å²) in [7, 11) is 1.52. The molecule has 0 aromatic carbocycles. The van der Waals surface area contributed by atoms with Gasteiger partial charge in [-0.05, 0) is 25.7 Å². The molecule has 0 saturated heterocycles. The van der Waals surface area contributed by atoms with E-state index in [-0.39, 0.29) is 12.5 Å². The van der Waals surface area contributed by atoms with Gasteiger partial charge >= 0.3 is 0 Å². The second kappa shape index (κ2) is 5.49. The van der Waals surface area contributed by atoms with Gasteiger partial charge in [-0.3, -0.25) is 4.79 Å². The van der Waals surface area contributed by atoms with Gasteiger partial charge in [-0.15, -0.1) is 0 Å². The first kappa shape index (κ1) is 13.0. The van der Waals surface area contributed by atoms with Crippen molar-refractivity contribution in [2.45, 2.75) is 31.8 Å². The predicted octanol–water partition coefficient (Wildman–Crippen LogP) is 0.766. The Morgan fingerprint density at radius 2 is 2.44 bits per heavy atom. The third-order valence-electron chi connectivity index (χ3n) is 3.29. The van der Waals surface area contributed by atoms with Crippen molar-refractivity contribution in [1.29, 1.82) is 0 Å². The van der Waals surface area contributed by atoms with Gasteiger partial charge in [0.2, 0.25) is 5.91 Å². The molecule has 1 saturated carbocycles. The zero-order valence-corrected chi connectivity index (χ0v) is 10.8. The quantitative estimate of drug-likeness (QED) is 0.783. The molecule has 1 aliphatic rings. The molecule has 6 nitrogen and oxygen atoms in total. The lowest BCUT2D eigenvalue weighted by Gasteiger charge is -2.16. The Kier molecular flexibility index (Phi) is 3.98. The van der Waals surface area contributed by atoms with E-state index in [4.69, 9.17) is 10.5 Å². The lowest BCUT2D eigenvalue weighted by molar-refractivity contribution is -0.118. The number of nitrogens with one attached hydrogen (secondary N) is 1. The molecule has 1 heterocycles. The summed E-state index contributed by atoms with van der Waals surface area (Å²) in [5.41, 5.74) is 5.68. The molecular weight excluding hydrogens is 232 g/mol. The number of carbonyl (C=O) groups is 1. The van der Waals surface area contributed by atoms with E-state index < -0.39 is 6.04 Å². The monoisotopic (exact) mass is 252 g/mol. The zero-order chi connectivity index (χ0) is 13.1. The first-order valence-corrected chi connectivity index (χ1v) is 6.22. The summed E-state index contributed by atoms with van der Waals surface area (Å²) in [4.78, 5) is 11.8. The topological polar surface area (TPSA) is 82.2 Å². The fourth-order valence-electron chi connectivity index (χ4n) is 1.99. The Hall–Kier alpha value is -1.40. The third-order valence-corrected chi connectivity index (χ3v) is 3.29. The van der Waals surface area contributed by atoms with Gasteiger partial charge in [0.1, 0.15) is 11.9 Å². The predicted molar refractivity (Wildman–Crippen MR) is 68.1 cm³/mol. The highest BCUT2D eigenvalue weighted by Gasteiger charge is 2.31. The van der Waals surface area contributed by atoms with Crippen molar-refractivity contribution in [3.05, 3.63) is 12.3 Å². The van der Waals surface area contributed by atoms with Crippen molar-refractivity contribution in [3.8, 4) is 0 Å². The molecule has 0 radical (unpaired) electrons. The number of ether oxygens (including phenoxy) is 1. The van der Waals surface area contributed by atoms with Gasteiger partial charge in [0.05, 0.1) is 18.8 Å². The molecule has 2 atom stereocenters. The van der Waals surface area contributed by atoms with Crippen LogP contribution in [0.1, 0.15) is 25.8 Å². The molecule has 2 unspecified atom stereocenters. The molecule has 0 bridgehead atoms. The molecule has 1 aromatic heterocycles. The van der Waals surface area contributed by atoms with Crippen LogP contribution in [-0.2, 0) is 9.53 Å². The number of amides is 1. The first-order chi connectivity index (χ1) is 8.63. The molecule has 1 aromatic rings. The molecule has 3 N–H and O–H groups in total. The van der Waals surface area contributed by atoms with Crippen LogP contribution in [0.2, 0.25) is 0 Å². The van der Waals surface area contributed by atoms with Crippen molar-refractivity contribution >= 4 is 11.7 Å². The molecule has 2 rings (SSSR count). The second-order valence-corrected chi connectivity index (χ2v) is 4.79. The Balaban J connectivity index is 2.00. The van der Waals surface area contributed by atoms with Crippen LogP contribution in [0.15, 0.2) is 12.3 Å². The highest BCUT2D eigenvalue weighted by atomic mass is 16.5. The lowest BCUT2D eigenvalue weighted by Crippen LogP contribution is -2.39. The molecule has 0 spiro atoms. The third kappa shape index (κ3) is 2.88. The van der Waals surface area contributed by atoms with Crippen molar-refractivity contribution in [1.82, 2.24) is 9.78 Å². The number of hydrogen-bond acceptors (Lipinski definition) is 4. The molecule has 1 amide bonds. The summed E-state index contributed by atoms with van der Waals surface area (Å²) in [6, 6.07) is 1.44. The smallest absolute Gasteiger partial charge is 0.244 e. The molecule has 0 aliphatic heterocycles. The number of rotatable bonds is 6. The van der Waals surface area contributed by atoms with Gasteiger partial charge in [-0.1, -0.05) is 0 Å². The van der Waals surface area contributed by atoms with Gasteiger partial charge < -0.3 is 15.8 Å².